The fourth-order valence-electron chi connectivity index (χ4n) is 1.97. The van der Waals surface area contributed by atoms with E-state index in [4.69, 9.17) is 4.74 Å². The molecule has 0 bridgehead atoms. The first-order valence-electron chi connectivity index (χ1n) is 7.37. The Bertz CT molecular complexity index is 618. The van der Waals surface area contributed by atoms with E-state index in [0.717, 1.165) is 11.3 Å². The molecule has 0 spiro atoms. The summed E-state index contributed by atoms with van der Waals surface area (Å²) < 4.78 is 5.68. The molecular formula is C18H22N2O2. The lowest BCUT2D eigenvalue weighted by Crippen LogP contribution is -2.27. The van der Waals surface area contributed by atoms with E-state index >= 15 is 0 Å². The quantitative estimate of drug-likeness (QED) is 0.910. The number of carbonyl (C=O) groups excluding carboxylic acids is 1. The number of hydrogen-bond donors (Lipinski definition) is 1. The van der Waals surface area contributed by atoms with Crippen LogP contribution in [0.25, 0.3) is 0 Å². The molecular weight excluding hydrogens is 276 g/mol. The van der Waals surface area contributed by atoms with E-state index in [1.165, 1.54) is 0 Å². The van der Waals surface area contributed by atoms with Crippen molar-refractivity contribution in [2.24, 2.45) is 5.41 Å². The number of amides is 1. The highest BCUT2D eigenvalue weighted by Gasteiger charge is 2.15. The van der Waals surface area contributed by atoms with E-state index in [-0.39, 0.29) is 11.3 Å². The molecule has 1 aromatic heterocycles. The third-order valence-electron chi connectivity index (χ3n) is 2.95. The molecule has 0 atom stereocenters. The molecule has 2 aromatic rings. The zero-order valence-corrected chi connectivity index (χ0v) is 13.3. The van der Waals surface area contributed by atoms with Crippen LogP contribution in [0.15, 0.2) is 48.7 Å². The maximum atomic E-state index is 11.8. The molecule has 0 saturated heterocycles. The van der Waals surface area contributed by atoms with Crippen molar-refractivity contribution in [1.29, 1.82) is 0 Å². The molecule has 1 N–H and O–H groups in total. The van der Waals surface area contributed by atoms with E-state index in [1.54, 1.807) is 6.20 Å². The van der Waals surface area contributed by atoms with Gasteiger partial charge in [0.25, 0.3) is 0 Å². The van der Waals surface area contributed by atoms with Crippen molar-refractivity contribution in [2.75, 3.05) is 0 Å². The molecule has 4 heteroatoms. The average Bonchev–Trinajstić information content (AvgIpc) is 2.45. The Labute approximate surface area is 131 Å². The average molecular weight is 298 g/mol. The van der Waals surface area contributed by atoms with Gasteiger partial charge in [-0.3, -0.25) is 4.79 Å². The van der Waals surface area contributed by atoms with Crippen LogP contribution < -0.4 is 10.1 Å². The first kappa shape index (κ1) is 16.0. The van der Waals surface area contributed by atoms with Gasteiger partial charge in [0.2, 0.25) is 11.8 Å². The Balaban J connectivity index is 1.93. The molecule has 1 aromatic carbocycles. The molecule has 1 amide bonds. The number of aromatic nitrogens is 1. The fourth-order valence-corrected chi connectivity index (χ4v) is 1.97. The zero-order chi connectivity index (χ0) is 16.0. The summed E-state index contributed by atoms with van der Waals surface area (Å²) in [6.45, 7) is 6.61. The topological polar surface area (TPSA) is 51.2 Å². The summed E-state index contributed by atoms with van der Waals surface area (Å²) in [4.78, 5) is 16.0. The molecule has 116 valence electrons. The molecule has 0 saturated carbocycles. The van der Waals surface area contributed by atoms with Gasteiger partial charge in [-0.25, -0.2) is 4.98 Å². The second-order valence-corrected chi connectivity index (χ2v) is 6.43. The Hall–Kier alpha value is -2.36. The van der Waals surface area contributed by atoms with Gasteiger partial charge in [0.15, 0.2) is 0 Å². The van der Waals surface area contributed by atoms with Crippen LogP contribution >= 0.6 is 0 Å². The van der Waals surface area contributed by atoms with Crippen molar-refractivity contribution in [2.45, 2.75) is 33.7 Å². The van der Waals surface area contributed by atoms with Gasteiger partial charge in [-0.15, -0.1) is 0 Å². The van der Waals surface area contributed by atoms with Gasteiger partial charge in [0.1, 0.15) is 5.75 Å². The van der Waals surface area contributed by atoms with Crippen LogP contribution in [0.1, 0.15) is 32.8 Å². The molecule has 0 aliphatic heterocycles. The minimum atomic E-state index is -0.0100. The molecule has 4 nitrogen and oxygen atoms in total. The van der Waals surface area contributed by atoms with Gasteiger partial charge in [-0.05, 0) is 29.2 Å². The normalized spacial score (nSPS) is 11.0. The van der Waals surface area contributed by atoms with E-state index < -0.39 is 0 Å². The van der Waals surface area contributed by atoms with Crippen molar-refractivity contribution in [3.05, 3.63) is 54.2 Å². The van der Waals surface area contributed by atoms with Gasteiger partial charge in [0, 0.05) is 25.2 Å². The van der Waals surface area contributed by atoms with Crippen LogP contribution in [0, 0.1) is 5.41 Å². The minimum absolute atomic E-state index is 0.0100. The maximum Gasteiger partial charge on any atom is 0.220 e. The minimum Gasteiger partial charge on any atom is -0.439 e. The van der Waals surface area contributed by atoms with Crippen molar-refractivity contribution in [3.8, 4) is 11.6 Å². The zero-order valence-electron chi connectivity index (χ0n) is 13.3. The van der Waals surface area contributed by atoms with Crippen molar-refractivity contribution >= 4 is 5.91 Å². The summed E-state index contributed by atoms with van der Waals surface area (Å²) in [5, 5.41) is 2.92. The highest BCUT2D eigenvalue weighted by molar-refractivity contribution is 5.76. The van der Waals surface area contributed by atoms with E-state index in [0.29, 0.717) is 18.8 Å². The highest BCUT2D eigenvalue weighted by atomic mass is 16.5. The Kier molecular flexibility index (Phi) is 5.15. The number of nitrogens with zero attached hydrogens (tertiary/aromatic N) is 1. The van der Waals surface area contributed by atoms with Crippen LogP contribution in [-0.4, -0.2) is 10.9 Å². The molecule has 22 heavy (non-hydrogen) atoms. The molecule has 1 heterocycles. The van der Waals surface area contributed by atoms with Crippen LogP contribution in [0.2, 0.25) is 0 Å². The molecule has 0 aliphatic rings. The summed E-state index contributed by atoms with van der Waals surface area (Å²) in [5.41, 5.74) is 0.951. The van der Waals surface area contributed by atoms with Crippen LogP contribution in [0.3, 0.4) is 0 Å². The smallest absolute Gasteiger partial charge is 0.220 e. The number of pyridine rings is 1. The number of para-hydroxylation sites is 1. The van der Waals surface area contributed by atoms with Crippen LogP contribution in [0.5, 0.6) is 11.6 Å². The highest BCUT2D eigenvalue weighted by Crippen LogP contribution is 2.20. The first-order chi connectivity index (χ1) is 10.4. The number of ether oxygens (including phenoxy) is 1. The van der Waals surface area contributed by atoms with E-state index in [2.05, 4.69) is 10.3 Å². The first-order valence-corrected chi connectivity index (χ1v) is 7.37. The maximum absolute atomic E-state index is 11.8. The Morgan fingerprint density at radius 1 is 1.18 bits per heavy atom. The lowest BCUT2D eigenvalue weighted by Gasteiger charge is -2.17. The fraction of sp³-hybridized carbons (Fsp3) is 0.333. The van der Waals surface area contributed by atoms with Crippen molar-refractivity contribution < 1.29 is 9.53 Å². The third-order valence-corrected chi connectivity index (χ3v) is 2.95. The molecule has 0 unspecified atom stereocenters. The number of carbonyl (C=O) groups is 1. The number of benzene rings is 1. The largest absolute Gasteiger partial charge is 0.439 e. The molecule has 2 rings (SSSR count). The monoisotopic (exact) mass is 298 g/mol. The summed E-state index contributed by atoms with van der Waals surface area (Å²) in [6, 6.07) is 13.2. The third kappa shape index (κ3) is 5.56. The van der Waals surface area contributed by atoms with E-state index in [1.807, 2.05) is 63.2 Å². The lowest BCUT2D eigenvalue weighted by atomic mass is 9.92. The van der Waals surface area contributed by atoms with Crippen LogP contribution in [0.4, 0.5) is 0 Å². The number of nitrogens with one attached hydrogen (secondary N) is 1. The van der Waals surface area contributed by atoms with Gasteiger partial charge in [-0.1, -0.05) is 39.0 Å². The predicted octanol–water partition coefficient (Wildman–Crippen LogP) is 3.93. The Morgan fingerprint density at radius 2 is 1.91 bits per heavy atom. The SMILES string of the molecule is CC(C)(C)CC(=O)NCc1ccnc(Oc2ccccc2)c1. The number of hydrogen-bond acceptors (Lipinski definition) is 3. The Morgan fingerprint density at radius 3 is 2.59 bits per heavy atom. The van der Waals surface area contributed by atoms with Crippen LogP contribution in [-0.2, 0) is 11.3 Å². The van der Waals surface area contributed by atoms with Crippen molar-refractivity contribution in [1.82, 2.24) is 10.3 Å². The summed E-state index contributed by atoms with van der Waals surface area (Å²) in [6.07, 6.45) is 2.19. The van der Waals surface area contributed by atoms with Gasteiger partial charge in [0.05, 0.1) is 0 Å². The van der Waals surface area contributed by atoms with Crippen molar-refractivity contribution in [3.63, 3.8) is 0 Å². The second kappa shape index (κ2) is 7.07. The second-order valence-electron chi connectivity index (χ2n) is 6.43. The number of rotatable bonds is 5. The molecule has 0 aliphatic carbocycles. The van der Waals surface area contributed by atoms with Gasteiger partial charge >= 0.3 is 0 Å². The van der Waals surface area contributed by atoms with Gasteiger partial charge in [-0.2, -0.15) is 0 Å². The summed E-state index contributed by atoms with van der Waals surface area (Å²) >= 11 is 0. The predicted molar refractivity (Wildman–Crippen MR) is 86.7 cm³/mol. The lowest BCUT2D eigenvalue weighted by molar-refractivity contribution is -0.122. The van der Waals surface area contributed by atoms with E-state index in [9.17, 15) is 4.79 Å². The van der Waals surface area contributed by atoms with Gasteiger partial charge < -0.3 is 10.1 Å². The summed E-state index contributed by atoms with van der Waals surface area (Å²) in [7, 11) is 0. The summed E-state index contributed by atoms with van der Waals surface area (Å²) in [5.74, 6) is 1.31. The standard InChI is InChI=1S/C18H22N2O2/c1-18(2,3)12-16(21)20-13-14-9-10-19-17(11-14)22-15-7-5-4-6-8-15/h4-11H,12-13H2,1-3H3,(H,20,21). The molecule has 0 fully saturated rings. The molecule has 0 radical (unpaired) electrons.